The summed E-state index contributed by atoms with van der Waals surface area (Å²) < 4.78 is 30.3. The van der Waals surface area contributed by atoms with Crippen molar-refractivity contribution in [1.29, 1.82) is 0 Å². The fourth-order valence-electron chi connectivity index (χ4n) is 2.69. The zero-order valence-corrected chi connectivity index (χ0v) is 13.9. The second-order valence-electron chi connectivity index (χ2n) is 5.71. The van der Waals surface area contributed by atoms with Gasteiger partial charge in [0, 0.05) is 28.7 Å². The molecule has 0 heterocycles. The molecule has 1 fully saturated rings. The lowest BCUT2D eigenvalue weighted by atomic mass is 9.75. The summed E-state index contributed by atoms with van der Waals surface area (Å²) in [6, 6.07) is 5.08. The monoisotopic (exact) mass is 362 g/mol. The molecule has 21 heavy (non-hydrogen) atoms. The predicted octanol–water partition coefficient (Wildman–Crippen LogP) is 3.62. The van der Waals surface area contributed by atoms with Crippen LogP contribution in [-0.2, 0) is 6.54 Å². The van der Waals surface area contributed by atoms with E-state index in [4.69, 9.17) is 0 Å². The third-order valence-corrected chi connectivity index (χ3v) is 4.73. The van der Waals surface area contributed by atoms with Crippen molar-refractivity contribution in [3.8, 4) is 5.75 Å². The number of ether oxygens (including phenoxy) is 1. The van der Waals surface area contributed by atoms with Gasteiger partial charge in [-0.15, -0.1) is 0 Å². The van der Waals surface area contributed by atoms with Gasteiger partial charge in [0.1, 0.15) is 5.75 Å². The highest BCUT2D eigenvalue weighted by Crippen LogP contribution is 2.35. The van der Waals surface area contributed by atoms with Crippen molar-refractivity contribution in [3.63, 3.8) is 0 Å². The van der Waals surface area contributed by atoms with Gasteiger partial charge in [0.25, 0.3) is 0 Å². The number of alkyl halides is 2. The Hall–Kier alpha value is -0.720. The zero-order valence-electron chi connectivity index (χ0n) is 12.3. The molecule has 2 rings (SSSR count). The molecule has 0 radical (unpaired) electrons. The van der Waals surface area contributed by atoms with Crippen LogP contribution in [0, 0.1) is 0 Å². The van der Waals surface area contributed by atoms with Crippen molar-refractivity contribution >= 4 is 15.9 Å². The minimum atomic E-state index is -2.80. The second-order valence-corrected chi connectivity index (χ2v) is 6.62. The van der Waals surface area contributed by atoms with Gasteiger partial charge in [-0.3, -0.25) is 0 Å². The number of rotatable bonds is 7. The van der Waals surface area contributed by atoms with Crippen molar-refractivity contribution < 1.29 is 13.5 Å². The quantitative estimate of drug-likeness (QED) is 0.801. The third kappa shape index (κ3) is 4.14. The minimum Gasteiger partial charge on any atom is -0.434 e. The fourth-order valence-corrected chi connectivity index (χ4v) is 3.10. The lowest BCUT2D eigenvalue weighted by molar-refractivity contribution is -0.0505. The van der Waals surface area contributed by atoms with Crippen molar-refractivity contribution in [2.75, 3.05) is 20.6 Å². The van der Waals surface area contributed by atoms with Gasteiger partial charge in [-0.25, -0.2) is 0 Å². The van der Waals surface area contributed by atoms with E-state index in [1.165, 1.54) is 19.3 Å². The SMILES string of the molecule is CN(C)C1(CNCc2cc(Br)ccc2OC(F)F)CCC1. The Morgan fingerprint density at radius 3 is 2.62 bits per heavy atom. The highest BCUT2D eigenvalue weighted by atomic mass is 79.9. The molecule has 1 N–H and O–H groups in total. The van der Waals surface area contributed by atoms with Crippen LogP contribution in [0.4, 0.5) is 8.78 Å². The molecule has 1 aliphatic rings. The number of nitrogens with one attached hydrogen (secondary N) is 1. The lowest BCUT2D eigenvalue weighted by Gasteiger charge is -2.47. The van der Waals surface area contributed by atoms with Crippen LogP contribution in [-0.4, -0.2) is 37.7 Å². The van der Waals surface area contributed by atoms with Crippen molar-refractivity contribution in [1.82, 2.24) is 10.2 Å². The van der Waals surface area contributed by atoms with Crippen LogP contribution in [0.3, 0.4) is 0 Å². The van der Waals surface area contributed by atoms with Crippen molar-refractivity contribution in [2.24, 2.45) is 0 Å². The number of benzene rings is 1. The molecule has 1 aromatic rings. The summed E-state index contributed by atoms with van der Waals surface area (Å²) >= 11 is 3.36. The molecule has 0 atom stereocenters. The van der Waals surface area contributed by atoms with Gasteiger partial charge in [0.15, 0.2) is 0 Å². The molecule has 0 aliphatic heterocycles. The average Bonchev–Trinajstić information content (AvgIpc) is 2.34. The maximum absolute atomic E-state index is 12.4. The van der Waals surface area contributed by atoms with Gasteiger partial charge in [-0.2, -0.15) is 8.78 Å². The van der Waals surface area contributed by atoms with Gasteiger partial charge in [-0.1, -0.05) is 15.9 Å². The Kier molecular flexibility index (Phi) is 5.57. The number of hydrogen-bond donors (Lipinski definition) is 1. The highest BCUT2D eigenvalue weighted by Gasteiger charge is 2.38. The Bertz CT molecular complexity index is 479. The van der Waals surface area contributed by atoms with E-state index >= 15 is 0 Å². The molecule has 118 valence electrons. The van der Waals surface area contributed by atoms with Crippen LogP contribution in [0.5, 0.6) is 5.75 Å². The van der Waals surface area contributed by atoms with Gasteiger partial charge in [0.05, 0.1) is 0 Å². The van der Waals surface area contributed by atoms with Gasteiger partial charge in [0.2, 0.25) is 0 Å². The van der Waals surface area contributed by atoms with Crippen LogP contribution in [0.1, 0.15) is 24.8 Å². The Balaban J connectivity index is 1.97. The molecule has 0 spiro atoms. The number of likely N-dealkylation sites (N-methyl/N-ethyl adjacent to an activating group) is 1. The summed E-state index contributed by atoms with van der Waals surface area (Å²) in [6.45, 7) is -1.44. The minimum absolute atomic E-state index is 0.204. The van der Waals surface area contributed by atoms with Crippen LogP contribution in [0.25, 0.3) is 0 Å². The molecule has 1 aliphatic carbocycles. The summed E-state index contributed by atoms with van der Waals surface area (Å²) in [4.78, 5) is 2.25. The van der Waals surface area contributed by atoms with Crippen molar-refractivity contribution in [3.05, 3.63) is 28.2 Å². The fraction of sp³-hybridized carbons (Fsp3) is 0.600. The van der Waals surface area contributed by atoms with Gasteiger partial charge < -0.3 is 15.0 Å². The zero-order chi connectivity index (χ0) is 15.5. The van der Waals surface area contributed by atoms with E-state index in [2.05, 4.69) is 45.0 Å². The summed E-state index contributed by atoms with van der Waals surface area (Å²) in [5, 5.41) is 3.38. The first kappa shape index (κ1) is 16.6. The molecule has 0 unspecified atom stereocenters. The van der Waals surface area contributed by atoms with Crippen LogP contribution in [0.15, 0.2) is 22.7 Å². The highest BCUT2D eigenvalue weighted by molar-refractivity contribution is 9.10. The average molecular weight is 363 g/mol. The second kappa shape index (κ2) is 7.03. The molecule has 0 aromatic heterocycles. The Morgan fingerprint density at radius 2 is 2.10 bits per heavy atom. The standard InChI is InChI=1S/C15H21BrF2N2O/c1-20(2)15(6-3-7-15)10-19-9-11-8-12(16)4-5-13(11)21-14(17)18/h4-5,8,14,19H,3,6-7,9-10H2,1-2H3. The summed E-state index contributed by atoms with van der Waals surface area (Å²) in [5.41, 5.74) is 0.938. The molecular formula is C15H21BrF2N2O. The lowest BCUT2D eigenvalue weighted by Crippen LogP contribution is -2.56. The van der Waals surface area contributed by atoms with E-state index in [1.807, 2.05) is 6.07 Å². The molecule has 6 heteroatoms. The van der Waals surface area contributed by atoms with E-state index in [9.17, 15) is 8.78 Å². The molecule has 1 saturated carbocycles. The molecule has 0 amide bonds. The van der Waals surface area contributed by atoms with Crippen LogP contribution in [0.2, 0.25) is 0 Å². The smallest absolute Gasteiger partial charge is 0.387 e. The normalized spacial score (nSPS) is 17.1. The molecule has 0 saturated heterocycles. The van der Waals surface area contributed by atoms with E-state index in [1.54, 1.807) is 12.1 Å². The first-order chi connectivity index (χ1) is 9.93. The predicted molar refractivity (Wildman–Crippen MR) is 82.7 cm³/mol. The van der Waals surface area contributed by atoms with Crippen LogP contribution >= 0.6 is 15.9 Å². The first-order valence-electron chi connectivity index (χ1n) is 7.04. The first-order valence-corrected chi connectivity index (χ1v) is 7.84. The molecule has 0 bridgehead atoms. The summed E-state index contributed by atoms with van der Waals surface area (Å²) in [5.74, 6) is 0.230. The molecular weight excluding hydrogens is 342 g/mol. The van der Waals surface area contributed by atoms with E-state index in [-0.39, 0.29) is 11.3 Å². The van der Waals surface area contributed by atoms with Gasteiger partial charge in [-0.05, 0) is 51.6 Å². The van der Waals surface area contributed by atoms with Crippen LogP contribution < -0.4 is 10.1 Å². The Morgan fingerprint density at radius 1 is 1.38 bits per heavy atom. The topological polar surface area (TPSA) is 24.5 Å². The summed E-state index contributed by atoms with van der Waals surface area (Å²) in [7, 11) is 4.18. The maximum Gasteiger partial charge on any atom is 0.387 e. The molecule has 3 nitrogen and oxygen atoms in total. The number of nitrogens with zero attached hydrogens (tertiary/aromatic N) is 1. The summed E-state index contributed by atoms with van der Waals surface area (Å²) in [6.07, 6.45) is 3.59. The molecule has 1 aromatic carbocycles. The maximum atomic E-state index is 12.4. The number of hydrogen-bond acceptors (Lipinski definition) is 3. The Labute approximate surface area is 132 Å². The number of halogens is 3. The largest absolute Gasteiger partial charge is 0.434 e. The third-order valence-electron chi connectivity index (χ3n) is 4.24. The van der Waals surface area contributed by atoms with E-state index in [0.717, 1.165) is 16.6 Å². The van der Waals surface area contributed by atoms with E-state index in [0.29, 0.717) is 6.54 Å². The van der Waals surface area contributed by atoms with Gasteiger partial charge >= 0.3 is 6.61 Å². The van der Waals surface area contributed by atoms with Crippen molar-refractivity contribution in [2.45, 2.75) is 38.0 Å². The van der Waals surface area contributed by atoms with E-state index < -0.39 is 6.61 Å².